The summed E-state index contributed by atoms with van der Waals surface area (Å²) in [7, 11) is 0. The van der Waals surface area contributed by atoms with Crippen LogP contribution in [0.3, 0.4) is 0 Å². The molecular weight excluding hydrogens is 336 g/mol. The van der Waals surface area contributed by atoms with Gasteiger partial charge < -0.3 is 26.8 Å². The van der Waals surface area contributed by atoms with E-state index < -0.39 is 24.1 Å². The van der Waals surface area contributed by atoms with E-state index in [-0.39, 0.29) is 30.1 Å². The molecule has 0 radical (unpaired) electrons. The van der Waals surface area contributed by atoms with Crippen LogP contribution in [0.25, 0.3) is 0 Å². The molecule has 0 aliphatic carbocycles. The molecular formula is C18H34N4O4. The van der Waals surface area contributed by atoms with Gasteiger partial charge in [0.2, 0.25) is 11.8 Å². The summed E-state index contributed by atoms with van der Waals surface area (Å²) >= 11 is 0. The average molecular weight is 370 g/mol. The Hall–Kier alpha value is -1.51. The van der Waals surface area contributed by atoms with Crippen molar-refractivity contribution in [1.29, 1.82) is 0 Å². The molecule has 2 unspecified atom stereocenters. The monoisotopic (exact) mass is 370 g/mol. The topological polar surface area (TPSA) is 134 Å². The molecule has 8 heteroatoms. The van der Waals surface area contributed by atoms with Crippen LogP contribution in [0.4, 0.5) is 0 Å². The summed E-state index contributed by atoms with van der Waals surface area (Å²) in [6.45, 7) is 8.40. The number of Topliss-reactive ketones (excluding diaryl/α,β-unsaturated/α-hetero) is 1. The van der Waals surface area contributed by atoms with E-state index >= 15 is 0 Å². The quantitative estimate of drug-likeness (QED) is 0.359. The summed E-state index contributed by atoms with van der Waals surface area (Å²) in [5, 5.41) is 18.3. The van der Waals surface area contributed by atoms with Gasteiger partial charge >= 0.3 is 0 Å². The summed E-state index contributed by atoms with van der Waals surface area (Å²) < 4.78 is 0. The zero-order chi connectivity index (χ0) is 19.9. The van der Waals surface area contributed by atoms with Crippen LogP contribution in [0, 0.1) is 17.8 Å². The molecule has 5 atom stereocenters. The summed E-state index contributed by atoms with van der Waals surface area (Å²) in [5.41, 5.74) is 5.49. The van der Waals surface area contributed by atoms with Crippen molar-refractivity contribution < 1.29 is 19.5 Å². The lowest BCUT2D eigenvalue weighted by Gasteiger charge is -2.34. The number of rotatable bonds is 9. The molecule has 0 aromatic rings. The maximum Gasteiger partial charge on any atom is 0.245 e. The standard InChI is InChI=1S/C18H34N4O4/c1-10(2)7-13-5-6-20-9-14(13)17(25)22-16(12(4)24)18(26)21-15(8-19)11(3)23/h10,12-16,20,24H,5-9,19H2,1-4H3,(H,21,26)(H,22,25)/t12-,13?,14?,15-,16-/m0/s1. The molecule has 0 bridgehead atoms. The Balaban J connectivity index is 2.79. The van der Waals surface area contributed by atoms with Crippen molar-refractivity contribution in [2.24, 2.45) is 23.5 Å². The number of hydrogen-bond acceptors (Lipinski definition) is 6. The Morgan fingerprint density at radius 1 is 1.23 bits per heavy atom. The highest BCUT2D eigenvalue weighted by Gasteiger charge is 2.35. The first kappa shape index (κ1) is 22.5. The maximum absolute atomic E-state index is 12.8. The van der Waals surface area contributed by atoms with Crippen LogP contribution in [-0.2, 0) is 14.4 Å². The molecule has 1 aliphatic heterocycles. The minimum atomic E-state index is -1.13. The van der Waals surface area contributed by atoms with Crippen LogP contribution in [-0.4, -0.2) is 60.5 Å². The predicted octanol–water partition coefficient (Wildman–Crippen LogP) is -0.844. The molecule has 0 aromatic carbocycles. The van der Waals surface area contributed by atoms with Gasteiger partial charge in [0, 0.05) is 13.1 Å². The SMILES string of the molecule is CC(=O)[C@H](CN)NC(=O)[C@@H](NC(=O)C1CNCCC1CC(C)C)[C@H](C)O. The third-order valence-corrected chi connectivity index (χ3v) is 4.84. The van der Waals surface area contributed by atoms with E-state index in [0.717, 1.165) is 19.4 Å². The number of carbonyl (C=O) groups is 3. The van der Waals surface area contributed by atoms with Crippen LogP contribution in [0.5, 0.6) is 0 Å². The molecule has 2 amide bonds. The molecule has 0 spiro atoms. The molecule has 150 valence electrons. The Labute approximate surface area is 155 Å². The Kier molecular flexibility index (Phi) is 9.18. The molecule has 1 aliphatic rings. The fourth-order valence-corrected chi connectivity index (χ4v) is 3.36. The highest BCUT2D eigenvalue weighted by molar-refractivity contribution is 5.93. The summed E-state index contributed by atoms with van der Waals surface area (Å²) in [6, 6.07) is -1.96. The Bertz CT molecular complexity index is 496. The summed E-state index contributed by atoms with van der Waals surface area (Å²) in [6.07, 6.45) is 0.746. The number of nitrogens with two attached hydrogens (primary N) is 1. The van der Waals surface area contributed by atoms with Gasteiger partial charge in [-0.15, -0.1) is 0 Å². The Morgan fingerprint density at radius 2 is 1.88 bits per heavy atom. The van der Waals surface area contributed by atoms with Gasteiger partial charge in [0.1, 0.15) is 6.04 Å². The maximum atomic E-state index is 12.8. The van der Waals surface area contributed by atoms with E-state index in [9.17, 15) is 19.5 Å². The van der Waals surface area contributed by atoms with Crippen LogP contribution in [0.1, 0.15) is 40.5 Å². The first-order chi connectivity index (χ1) is 12.2. The van der Waals surface area contributed by atoms with Gasteiger partial charge in [0.25, 0.3) is 0 Å². The molecule has 1 saturated heterocycles. The number of carbonyl (C=O) groups excluding carboxylic acids is 3. The fraction of sp³-hybridized carbons (Fsp3) is 0.833. The van der Waals surface area contributed by atoms with Gasteiger partial charge in [0.05, 0.1) is 18.1 Å². The second kappa shape index (κ2) is 10.6. The first-order valence-electron chi connectivity index (χ1n) is 9.37. The van der Waals surface area contributed by atoms with Crippen molar-refractivity contribution >= 4 is 17.6 Å². The molecule has 1 heterocycles. The van der Waals surface area contributed by atoms with Crippen LogP contribution in [0.2, 0.25) is 0 Å². The van der Waals surface area contributed by atoms with Gasteiger partial charge in [-0.3, -0.25) is 14.4 Å². The van der Waals surface area contributed by atoms with Crippen LogP contribution in [0.15, 0.2) is 0 Å². The molecule has 1 fully saturated rings. The largest absolute Gasteiger partial charge is 0.391 e. The van der Waals surface area contributed by atoms with Crippen molar-refractivity contribution in [2.45, 2.75) is 58.7 Å². The molecule has 6 N–H and O–H groups in total. The molecule has 1 rings (SSSR count). The Morgan fingerprint density at radius 3 is 2.38 bits per heavy atom. The second-order valence-corrected chi connectivity index (χ2v) is 7.62. The van der Waals surface area contributed by atoms with Gasteiger partial charge in [-0.2, -0.15) is 0 Å². The minimum Gasteiger partial charge on any atom is -0.391 e. The highest BCUT2D eigenvalue weighted by Crippen LogP contribution is 2.26. The second-order valence-electron chi connectivity index (χ2n) is 7.62. The molecule has 0 saturated carbocycles. The van der Waals surface area contributed by atoms with Crippen LogP contribution >= 0.6 is 0 Å². The van der Waals surface area contributed by atoms with Crippen molar-refractivity contribution in [3.05, 3.63) is 0 Å². The first-order valence-corrected chi connectivity index (χ1v) is 9.37. The normalized spacial score (nSPS) is 23.8. The number of nitrogens with one attached hydrogen (secondary N) is 3. The number of piperidine rings is 1. The lowest BCUT2D eigenvalue weighted by molar-refractivity contribution is -0.136. The van der Waals surface area contributed by atoms with Crippen molar-refractivity contribution in [1.82, 2.24) is 16.0 Å². The van der Waals surface area contributed by atoms with E-state index in [1.807, 2.05) is 0 Å². The third kappa shape index (κ3) is 6.66. The number of ketones is 1. The lowest BCUT2D eigenvalue weighted by Crippen LogP contribution is -2.59. The van der Waals surface area contributed by atoms with Crippen molar-refractivity contribution in [3.8, 4) is 0 Å². The molecule has 0 aromatic heterocycles. The smallest absolute Gasteiger partial charge is 0.245 e. The number of amides is 2. The highest BCUT2D eigenvalue weighted by atomic mass is 16.3. The van der Waals surface area contributed by atoms with E-state index in [2.05, 4.69) is 29.8 Å². The summed E-state index contributed by atoms with van der Waals surface area (Å²) in [4.78, 5) is 36.7. The van der Waals surface area contributed by atoms with Crippen molar-refractivity contribution in [3.63, 3.8) is 0 Å². The van der Waals surface area contributed by atoms with Gasteiger partial charge in [0.15, 0.2) is 5.78 Å². The van der Waals surface area contributed by atoms with E-state index in [0.29, 0.717) is 12.5 Å². The fourth-order valence-electron chi connectivity index (χ4n) is 3.36. The number of aliphatic hydroxyl groups is 1. The van der Waals surface area contributed by atoms with Gasteiger partial charge in [-0.1, -0.05) is 13.8 Å². The zero-order valence-corrected chi connectivity index (χ0v) is 16.2. The predicted molar refractivity (Wildman–Crippen MR) is 99.2 cm³/mol. The van der Waals surface area contributed by atoms with Crippen molar-refractivity contribution in [2.75, 3.05) is 19.6 Å². The molecule has 8 nitrogen and oxygen atoms in total. The zero-order valence-electron chi connectivity index (χ0n) is 16.2. The minimum absolute atomic E-state index is 0.0371. The lowest BCUT2D eigenvalue weighted by atomic mass is 9.80. The average Bonchev–Trinajstić information content (AvgIpc) is 2.56. The summed E-state index contributed by atoms with van der Waals surface area (Å²) in [5.74, 6) is -0.671. The number of hydrogen-bond donors (Lipinski definition) is 5. The van der Waals surface area contributed by atoms with Gasteiger partial charge in [-0.05, 0) is 45.1 Å². The van der Waals surface area contributed by atoms with Gasteiger partial charge in [-0.25, -0.2) is 0 Å². The molecule has 26 heavy (non-hydrogen) atoms. The number of aliphatic hydroxyl groups excluding tert-OH is 1. The van der Waals surface area contributed by atoms with E-state index in [4.69, 9.17) is 5.73 Å². The van der Waals surface area contributed by atoms with E-state index in [1.54, 1.807) is 0 Å². The van der Waals surface area contributed by atoms with Crippen LogP contribution < -0.4 is 21.7 Å². The van der Waals surface area contributed by atoms with E-state index in [1.165, 1.54) is 13.8 Å². The third-order valence-electron chi connectivity index (χ3n) is 4.84.